The fourth-order valence-corrected chi connectivity index (χ4v) is 11.4. The van der Waals surface area contributed by atoms with Crippen molar-refractivity contribution in [2.75, 3.05) is 40.9 Å². The highest BCUT2D eigenvalue weighted by Gasteiger charge is 2.27. The number of allylic oxidation sites excluding steroid dienone is 13. The normalized spacial score (nSPS) is 14.0. The number of amides is 1. The number of hydrogen-bond donors (Lipinski definition) is 1. The summed E-state index contributed by atoms with van der Waals surface area (Å²) < 4.78 is 30.4. The van der Waals surface area contributed by atoms with Crippen LogP contribution in [-0.2, 0) is 27.9 Å². The summed E-state index contributed by atoms with van der Waals surface area (Å²) in [6.45, 7) is 6.75. The van der Waals surface area contributed by atoms with E-state index in [1.54, 1.807) is 0 Å². The van der Waals surface area contributed by atoms with Gasteiger partial charge in [-0.25, -0.2) is 0 Å². The molecule has 3 unspecified atom stereocenters. The van der Waals surface area contributed by atoms with E-state index < -0.39 is 26.6 Å². The van der Waals surface area contributed by atoms with Crippen LogP contribution in [0.25, 0.3) is 0 Å². The summed E-state index contributed by atoms with van der Waals surface area (Å²) in [5, 5.41) is 3.04. The third-order valence-corrected chi connectivity index (χ3v) is 17.3. The zero-order valence-electron chi connectivity index (χ0n) is 58.0. The highest BCUT2D eigenvalue weighted by Crippen LogP contribution is 2.38. The number of carbonyl (C=O) groups excluding carboxylic acids is 2. The van der Waals surface area contributed by atoms with Crippen LogP contribution in [0.4, 0.5) is 0 Å². The van der Waals surface area contributed by atoms with Gasteiger partial charge in [-0.2, -0.15) is 0 Å². The molecule has 0 aromatic carbocycles. The van der Waals surface area contributed by atoms with Gasteiger partial charge in [-0.05, 0) is 83.1 Å². The van der Waals surface area contributed by atoms with Gasteiger partial charge in [0.2, 0.25) is 5.91 Å². The van der Waals surface area contributed by atoms with Crippen molar-refractivity contribution in [3.05, 3.63) is 85.1 Å². The molecule has 87 heavy (non-hydrogen) atoms. The van der Waals surface area contributed by atoms with Gasteiger partial charge < -0.3 is 28.5 Å². The van der Waals surface area contributed by atoms with E-state index in [0.717, 1.165) is 122 Å². The van der Waals surface area contributed by atoms with Gasteiger partial charge >= 0.3 is 5.97 Å². The molecule has 10 heteroatoms. The first kappa shape index (κ1) is 84.2. The molecule has 0 aliphatic heterocycles. The first-order chi connectivity index (χ1) is 42.4. The Labute approximate surface area is 539 Å². The van der Waals surface area contributed by atoms with Gasteiger partial charge in [-0.15, -0.1) is 0 Å². The van der Waals surface area contributed by atoms with Crippen molar-refractivity contribution in [2.45, 2.75) is 354 Å². The standard InChI is InChI=1S/C77H141N2O7P/c1-7-10-13-16-19-22-25-27-29-31-33-35-37-39-41-43-45-47-49-51-54-57-60-63-66-69-76(80)78-74(73-85-87(82,83)84-72-71-79(4,5)6)75(68-65-62-59-56-53-24-21-18-15-12-9-3)86-77(81)70-67-64-61-58-55-52-50-48-46-44-42-40-38-36-34-32-30-28-26-23-20-17-14-11-8-2/h10,13,19,22,27,29,33,35,39,41,45,47,65,68,74-75H,7-9,11-12,14-18,20-21,23-26,28,30-32,34,36-38,40,42-44,46,48-64,66-67,69-73H2,1-6H3,(H-,78,80,82,83)/b13-10-,22-19-,29-27-,35-33-,41-39-,47-45-,68-65+. The monoisotopic (exact) mass is 1240 g/mol. The molecule has 0 aliphatic rings. The lowest BCUT2D eigenvalue weighted by molar-refractivity contribution is -0.870. The Kier molecular flexibility index (Phi) is 64.0. The van der Waals surface area contributed by atoms with Crippen LogP contribution >= 0.6 is 7.82 Å². The van der Waals surface area contributed by atoms with Gasteiger partial charge in [0.15, 0.2) is 0 Å². The molecule has 0 aliphatic carbocycles. The Hall–Kier alpha value is -2.81. The van der Waals surface area contributed by atoms with Gasteiger partial charge in [-0.1, -0.05) is 331 Å². The zero-order valence-corrected chi connectivity index (χ0v) is 58.9. The SMILES string of the molecule is CC/C=C\C/C=C\C/C=C\C/C=C\C/C=C\C/C=C\CCCCCCCCC(=O)NC(COP(=O)([O-])OCC[N+](C)(C)C)C(/C=C/CCCCCCCCCCC)OC(=O)CCCCCCCCCCCCCCCCCCCCCCCCCCC. The minimum Gasteiger partial charge on any atom is -0.756 e. The smallest absolute Gasteiger partial charge is 0.306 e. The minimum absolute atomic E-state index is 0.0273. The maximum absolute atomic E-state index is 13.6. The van der Waals surface area contributed by atoms with E-state index in [-0.39, 0.29) is 24.9 Å². The predicted octanol–water partition coefficient (Wildman–Crippen LogP) is 23.0. The molecule has 0 heterocycles. The summed E-state index contributed by atoms with van der Waals surface area (Å²) in [6.07, 6.45) is 88.6. The number of ether oxygens (including phenoxy) is 1. The van der Waals surface area contributed by atoms with Crippen molar-refractivity contribution >= 4 is 19.7 Å². The third-order valence-electron chi connectivity index (χ3n) is 16.3. The van der Waals surface area contributed by atoms with E-state index >= 15 is 0 Å². The lowest BCUT2D eigenvalue weighted by Gasteiger charge is -2.30. The summed E-state index contributed by atoms with van der Waals surface area (Å²) in [4.78, 5) is 40.2. The molecule has 506 valence electrons. The second-order valence-corrected chi connectivity index (χ2v) is 27.5. The first-order valence-corrected chi connectivity index (χ1v) is 38.4. The summed E-state index contributed by atoms with van der Waals surface area (Å²) >= 11 is 0. The number of nitrogens with one attached hydrogen (secondary N) is 1. The van der Waals surface area contributed by atoms with Gasteiger partial charge in [0.1, 0.15) is 19.3 Å². The van der Waals surface area contributed by atoms with Crippen molar-refractivity contribution < 1.29 is 37.3 Å². The quantitative estimate of drug-likeness (QED) is 0.0212. The van der Waals surface area contributed by atoms with Crippen molar-refractivity contribution in [1.82, 2.24) is 5.32 Å². The number of phosphoric ester groups is 1. The molecule has 0 fully saturated rings. The molecule has 0 rings (SSSR count). The molecular weight excluding hydrogens is 1100 g/mol. The maximum Gasteiger partial charge on any atom is 0.306 e. The number of esters is 1. The van der Waals surface area contributed by atoms with Crippen molar-refractivity contribution in [1.29, 1.82) is 0 Å². The van der Waals surface area contributed by atoms with Gasteiger partial charge in [0.05, 0.1) is 33.8 Å². The predicted molar refractivity (Wildman–Crippen MR) is 376 cm³/mol. The average molecular weight is 1240 g/mol. The van der Waals surface area contributed by atoms with E-state index in [1.165, 1.54) is 186 Å². The van der Waals surface area contributed by atoms with Crippen molar-refractivity contribution in [2.24, 2.45) is 0 Å². The molecule has 0 aromatic heterocycles. The van der Waals surface area contributed by atoms with Crippen LogP contribution in [0.1, 0.15) is 342 Å². The number of likely N-dealkylation sites (N-methyl/N-ethyl adjacent to an activating group) is 1. The summed E-state index contributed by atoms with van der Waals surface area (Å²) in [6, 6.07) is -0.900. The number of nitrogens with zero attached hydrogens (tertiary/aromatic N) is 1. The van der Waals surface area contributed by atoms with E-state index in [2.05, 4.69) is 99.0 Å². The van der Waals surface area contributed by atoms with Crippen LogP contribution in [-0.4, -0.2) is 69.4 Å². The van der Waals surface area contributed by atoms with Crippen molar-refractivity contribution in [3.8, 4) is 0 Å². The van der Waals surface area contributed by atoms with Crippen LogP contribution in [0.5, 0.6) is 0 Å². The number of phosphoric acid groups is 1. The maximum atomic E-state index is 13.6. The second kappa shape index (κ2) is 66.1. The molecule has 0 spiro atoms. The molecule has 1 amide bonds. The van der Waals surface area contributed by atoms with E-state index in [9.17, 15) is 19.0 Å². The molecule has 9 nitrogen and oxygen atoms in total. The number of quaternary nitrogens is 1. The Balaban J connectivity index is 5.00. The molecule has 0 radical (unpaired) electrons. The van der Waals surface area contributed by atoms with Crippen molar-refractivity contribution in [3.63, 3.8) is 0 Å². The van der Waals surface area contributed by atoms with Gasteiger partial charge in [-0.3, -0.25) is 14.2 Å². The molecule has 1 N–H and O–H groups in total. The Morgan fingerprint density at radius 2 is 0.736 bits per heavy atom. The number of rotatable bonds is 67. The van der Waals surface area contributed by atoms with Crippen LogP contribution in [0, 0.1) is 0 Å². The topological polar surface area (TPSA) is 114 Å². The summed E-state index contributed by atoms with van der Waals surface area (Å²) in [5.74, 6) is -0.548. The molecular formula is C77H141N2O7P. The largest absolute Gasteiger partial charge is 0.756 e. The fourth-order valence-electron chi connectivity index (χ4n) is 10.7. The molecule has 0 saturated heterocycles. The fraction of sp³-hybridized carbons (Fsp3) is 0.792. The highest BCUT2D eigenvalue weighted by atomic mass is 31.2. The summed E-state index contributed by atoms with van der Waals surface area (Å²) in [7, 11) is 1.18. The molecule has 0 aromatic rings. The first-order valence-electron chi connectivity index (χ1n) is 36.9. The van der Waals surface area contributed by atoms with E-state index in [0.29, 0.717) is 17.4 Å². The summed E-state index contributed by atoms with van der Waals surface area (Å²) in [5.41, 5.74) is 0. The lowest BCUT2D eigenvalue weighted by Crippen LogP contribution is -2.47. The number of carbonyl (C=O) groups is 2. The zero-order chi connectivity index (χ0) is 63.5. The van der Waals surface area contributed by atoms with Gasteiger partial charge in [0, 0.05) is 12.8 Å². The molecule has 0 bridgehead atoms. The van der Waals surface area contributed by atoms with Crippen LogP contribution < -0.4 is 10.2 Å². The highest BCUT2D eigenvalue weighted by molar-refractivity contribution is 7.45. The lowest BCUT2D eigenvalue weighted by atomic mass is 10.0. The van der Waals surface area contributed by atoms with Crippen LogP contribution in [0.2, 0.25) is 0 Å². The Bertz CT molecular complexity index is 1760. The average Bonchev–Trinajstić information content (AvgIpc) is 3.70. The van der Waals surface area contributed by atoms with Crippen LogP contribution in [0.15, 0.2) is 85.1 Å². The Morgan fingerprint density at radius 3 is 1.10 bits per heavy atom. The van der Waals surface area contributed by atoms with Crippen LogP contribution in [0.3, 0.4) is 0 Å². The second-order valence-electron chi connectivity index (χ2n) is 26.1. The third kappa shape index (κ3) is 67.4. The van der Waals surface area contributed by atoms with E-state index in [4.69, 9.17) is 13.8 Å². The van der Waals surface area contributed by atoms with E-state index in [1.807, 2.05) is 33.3 Å². The Morgan fingerprint density at radius 1 is 0.414 bits per heavy atom. The molecule has 3 atom stereocenters. The molecule has 0 saturated carbocycles. The minimum atomic E-state index is -4.71. The van der Waals surface area contributed by atoms with Gasteiger partial charge in [0.25, 0.3) is 7.82 Å². The number of unbranched alkanes of at least 4 members (excludes halogenated alkanes) is 39. The number of hydrogen-bond acceptors (Lipinski definition) is 7.